The van der Waals surface area contributed by atoms with Crippen molar-refractivity contribution in [2.24, 2.45) is 0 Å². The molecule has 0 saturated heterocycles. The third kappa shape index (κ3) is 5.08. The second-order valence-corrected chi connectivity index (χ2v) is 6.65. The molecule has 0 fully saturated rings. The number of benzene rings is 2. The highest BCUT2D eigenvalue weighted by Gasteiger charge is 2.06. The van der Waals surface area contributed by atoms with E-state index in [2.05, 4.69) is 6.07 Å². The van der Waals surface area contributed by atoms with Gasteiger partial charge in [0.05, 0.1) is 14.2 Å². The minimum Gasteiger partial charge on any atom is -0.497 e. The molecule has 0 amide bonds. The lowest BCUT2D eigenvalue weighted by atomic mass is 10.0. The molecule has 0 bridgehead atoms. The Hall–Kier alpha value is -3.47. The first-order valence-electron chi connectivity index (χ1n) is 9.22. The summed E-state index contributed by atoms with van der Waals surface area (Å²) in [5, 5.41) is 0. The fraction of sp³-hybridized carbons (Fsp3) is 0.208. The van der Waals surface area contributed by atoms with Crippen LogP contribution in [0.4, 0.5) is 0 Å². The lowest BCUT2D eigenvalue weighted by Gasteiger charge is -2.09. The molecule has 0 aliphatic rings. The van der Waals surface area contributed by atoms with Crippen molar-refractivity contribution in [1.82, 2.24) is 0 Å². The quantitative estimate of drug-likeness (QED) is 0.565. The van der Waals surface area contributed by atoms with Gasteiger partial charge < -0.3 is 18.6 Å². The Balaban J connectivity index is 1.69. The molecule has 1 heterocycles. The molecule has 3 rings (SSSR count). The van der Waals surface area contributed by atoms with Gasteiger partial charge in [-0.25, -0.2) is 0 Å². The molecule has 0 radical (unpaired) electrons. The SMILES string of the molecule is COc1ccc(COc2coc(C=Cc3cc(C)c(C)c(OC)c3)cc2=O)cc1. The van der Waals surface area contributed by atoms with E-state index in [-0.39, 0.29) is 17.8 Å². The molecular formula is C24H24O5. The van der Waals surface area contributed by atoms with E-state index in [0.717, 1.165) is 33.8 Å². The van der Waals surface area contributed by atoms with E-state index >= 15 is 0 Å². The summed E-state index contributed by atoms with van der Waals surface area (Å²) < 4.78 is 21.6. The Morgan fingerprint density at radius 1 is 0.931 bits per heavy atom. The van der Waals surface area contributed by atoms with Crippen molar-refractivity contribution in [3.63, 3.8) is 0 Å². The second kappa shape index (κ2) is 9.15. The van der Waals surface area contributed by atoms with Gasteiger partial charge in [-0.3, -0.25) is 4.79 Å². The van der Waals surface area contributed by atoms with Gasteiger partial charge in [0.25, 0.3) is 0 Å². The lowest BCUT2D eigenvalue weighted by molar-refractivity contribution is 0.291. The van der Waals surface area contributed by atoms with Gasteiger partial charge in [0, 0.05) is 6.07 Å². The van der Waals surface area contributed by atoms with Crippen molar-refractivity contribution in [3.05, 3.63) is 87.0 Å². The first kappa shape index (κ1) is 20.3. The van der Waals surface area contributed by atoms with Crippen molar-refractivity contribution in [3.8, 4) is 17.2 Å². The highest BCUT2D eigenvalue weighted by Crippen LogP contribution is 2.24. The Morgan fingerprint density at radius 2 is 1.69 bits per heavy atom. The fourth-order valence-corrected chi connectivity index (χ4v) is 2.83. The monoisotopic (exact) mass is 392 g/mol. The van der Waals surface area contributed by atoms with E-state index in [1.54, 1.807) is 20.3 Å². The van der Waals surface area contributed by atoms with Crippen molar-refractivity contribution < 1.29 is 18.6 Å². The summed E-state index contributed by atoms with van der Waals surface area (Å²) in [6.45, 7) is 4.32. The number of hydrogen-bond donors (Lipinski definition) is 0. The van der Waals surface area contributed by atoms with E-state index in [4.69, 9.17) is 18.6 Å². The average Bonchev–Trinajstić information content (AvgIpc) is 2.74. The molecule has 1 aromatic heterocycles. The average molecular weight is 392 g/mol. The van der Waals surface area contributed by atoms with Gasteiger partial charge in [-0.2, -0.15) is 0 Å². The number of rotatable bonds is 7. The van der Waals surface area contributed by atoms with Crippen LogP contribution in [0.2, 0.25) is 0 Å². The molecule has 5 heteroatoms. The lowest BCUT2D eigenvalue weighted by Crippen LogP contribution is -2.07. The van der Waals surface area contributed by atoms with Crippen molar-refractivity contribution in [2.45, 2.75) is 20.5 Å². The topological polar surface area (TPSA) is 57.9 Å². The molecule has 3 aromatic rings. The minimum atomic E-state index is -0.234. The van der Waals surface area contributed by atoms with Crippen LogP contribution in [0.25, 0.3) is 12.2 Å². The summed E-state index contributed by atoms with van der Waals surface area (Å²) in [7, 11) is 3.27. The Morgan fingerprint density at radius 3 is 2.34 bits per heavy atom. The minimum absolute atomic E-state index is 0.172. The summed E-state index contributed by atoms with van der Waals surface area (Å²) >= 11 is 0. The van der Waals surface area contributed by atoms with E-state index < -0.39 is 0 Å². The van der Waals surface area contributed by atoms with E-state index in [0.29, 0.717) is 5.76 Å². The van der Waals surface area contributed by atoms with Gasteiger partial charge in [-0.1, -0.05) is 24.3 Å². The standard InChI is InChI=1S/C24H24O5/c1-16-11-19(12-23(27-4)17(16)2)7-10-21-13-22(25)24(15-28-21)29-14-18-5-8-20(26-3)9-6-18/h5-13,15H,14H2,1-4H3. The molecule has 2 aromatic carbocycles. The smallest absolute Gasteiger partial charge is 0.227 e. The highest BCUT2D eigenvalue weighted by atomic mass is 16.5. The van der Waals surface area contributed by atoms with Crippen LogP contribution in [0.5, 0.6) is 17.2 Å². The normalized spacial score (nSPS) is 10.9. The van der Waals surface area contributed by atoms with Crippen LogP contribution < -0.4 is 19.6 Å². The Bertz CT molecular complexity index is 1060. The van der Waals surface area contributed by atoms with Gasteiger partial charge >= 0.3 is 0 Å². The summed E-state index contributed by atoms with van der Waals surface area (Å²) in [5.41, 5.74) is 3.90. The summed E-state index contributed by atoms with van der Waals surface area (Å²) in [6.07, 6.45) is 4.97. The van der Waals surface area contributed by atoms with Gasteiger partial charge in [-0.15, -0.1) is 0 Å². The van der Waals surface area contributed by atoms with Crippen LogP contribution in [-0.4, -0.2) is 14.2 Å². The van der Waals surface area contributed by atoms with E-state index in [1.165, 1.54) is 12.3 Å². The zero-order chi connectivity index (χ0) is 20.8. The van der Waals surface area contributed by atoms with Crippen molar-refractivity contribution in [1.29, 1.82) is 0 Å². The van der Waals surface area contributed by atoms with Gasteiger partial charge in [0.2, 0.25) is 11.2 Å². The zero-order valence-electron chi connectivity index (χ0n) is 17.0. The van der Waals surface area contributed by atoms with Gasteiger partial charge in [-0.05, 0) is 60.4 Å². The summed E-state index contributed by atoms with van der Waals surface area (Å²) in [4.78, 5) is 12.3. The van der Waals surface area contributed by atoms with Crippen LogP contribution in [0, 0.1) is 13.8 Å². The van der Waals surface area contributed by atoms with Crippen LogP contribution in [0.3, 0.4) is 0 Å². The maximum Gasteiger partial charge on any atom is 0.227 e. The van der Waals surface area contributed by atoms with Crippen LogP contribution >= 0.6 is 0 Å². The molecule has 0 aliphatic heterocycles. The fourth-order valence-electron chi connectivity index (χ4n) is 2.83. The first-order valence-corrected chi connectivity index (χ1v) is 9.22. The molecule has 150 valence electrons. The van der Waals surface area contributed by atoms with Crippen molar-refractivity contribution in [2.75, 3.05) is 14.2 Å². The Kier molecular flexibility index (Phi) is 6.39. The van der Waals surface area contributed by atoms with Gasteiger partial charge in [0.1, 0.15) is 30.1 Å². The molecular weight excluding hydrogens is 368 g/mol. The molecule has 0 spiro atoms. The number of aryl methyl sites for hydroxylation is 1. The van der Waals surface area contributed by atoms with Crippen LogP contribution in [0.15, 0.2) is 57.9 Å². The second-order valence-electron chi connectivity index (χ2n) is 6.65. The largest absolute Gasteiger partial charge is 0.497 e. The van der Waals surface area contributed by atoms with Gasteiger partial charge in [0.15, 0.2) is 0 Å². The summed E-state index contributed by atoms with van der Waals surface area (Å²) in [5.74, 6) is 2.22. The zero-order valence-corrected chi connectivity index (χ0v) is 17.0. The van der Waals surface area contributed by atoms with Crippen LogP contribution in [-0.2, 0) is 6.61 Å². The molecule has 0 atom stereocenters. The maximum absolute atomic E-state index is 12.3. The molecule has 0 unspecified atom stereocenters. The third-order valence-electron chi connectivity index (χ3n) is 4.67. The number of hydrogen-bond acceptors (Lipinski definition) is 5. The summed E-state index contributed by atoms with van der Waals surface area (Å²) in [6, 6.07) is 12.9. The molecule has 0 N–H and O–H groups in total. The van der Waals surface area contributed by atoms with Crippen LogP contribution in [0.1, 0.15) is 28.0 Å². The molecule has 0 aliphatic carbocycles. The predicted molar refractivity (Wildman–Crippen MR) is 114 cm³/mol. The van der Waals surface area contributed by atoms with E-state index in [1.807, 2.05) is 50.3 Å². The number of ether oxygens (including phenoxy) is 3. The van der Waals surface area contributed by atoms with Crippen molar-refractivity contribution >= 4 is 12.2 Å². The van der Waals surface area contributed by atoms with E-state index in [9.17, 15) is 4.79 Å². The third-order valence-corrected chi connectivity index (χ3v) is 4.67. The highest BCUT2D eigenvalue weighted by molar-refractivity contribution is 5.69. The predicted octanol–water partition coefficient (Wildman–Crippen LogP) is 5.02. The number of methoxy groups -OCH3 is 2. The molecule has 29 heavy (non-hydrogen) atoms. The Labute approximate surface area is 170 Å². The maximum atomic E-state index is 12.3. The molecule has 5 nitrogen and oxygen atoms in total. The first-order chi connectivity index (χ1) is 14.0. The molecule has 0 saturated carbocycles.